The number of likely N-dealkylation sites (tertiary alicyclic amines) is 1. The number of benzene rings is 2. The topological polar surface area (TPSA) is 124 Å². The van der Waals surface area contributed by atoms with Crippen molar-refractivity contribution in [2.45, 2.75) is 43.8 Å². The minimum Gasteiger partial charge on any atom is -0.488 e. The highest BCUT2D eigenvalue weighted by Crippen LogP contribution is 2.39. The molecule has 5 N–H and O–H groups in total. The zero-order valence-corrected chi connectivity index (χ0v) is 18.4. The van der Waals surface area contributed by atoms with Crippen molar-refractivity contribution in [1.82, 2.24) is 15.0 Å². The zero-order valence-electron chi connectivity index (χ0n) is 18.4. The van der Waals surface area contributed by atoms with Crippen molar-refractivity contribution in [3.63, 3.8) is 0 Å². The van der Waals surface area contributed by atoms with Gasteiger partial charge in [0.05, 0.1) is 17.2 Å². The van der Waals surface area contributed by atoms with E-state index in [1.807, 2.05) is 0 Å². The molecular formula is C22H21F6N5O3. The molecule has 0 unspecified atom stereocenters. The molecule has 194 valence electrons. The van der Waals surface area contributed by atoms with E-state index in [0.717, 1.165) is 36.4 Å². The predicted octanol–water partition coefficient (Wildman–Crippen LogP) is 3.66. The number of hydrogen-bond donors (Lipinski definition) is 3. The smallest absolute Gasteiger partial charge is 0.419 e. The van der Waals surface area contributed by atoms with Gasteiger partial charge in [0.15, 0.2) is 0 Å². The van der Waals surface area contributed by atoms with Gasteiger partial charge in [0.1, 0.15) is 24.7 Å². The second kappa shape index (κ2) is 9.69. The summed E-state index contributed by atoms with van der Waals surface area (Å²) >= 11 is 0. The highest BCUT2D eigenvalue weighted by Gasteiger charge is 2.40. The Balaban J connectivity index is 1.56. The number of aromatic nitrogens is 2. The summed E-state index contributed by atoms with van der Waals surface area (Å²) in [5.41, 5.74) is 9.60. The summed E-state index contributed by atoms with van der Waals surface area (Å²) in [4.78, 5) is 5.66. The largest absolute Gasteiger partial charge is 0.488 e. The van der Waals surface area contributed by atoms with Crippen LogP contribution in [-0.2, 0) is 19.0 Å². The highest BCUT2D eigenvalue weighted by atomic mass is 19.4. The first-order valence-corrected chi connectivity index (χ1v) is 10.6. The fourth-order valence-corrected chi connectivity index (χ4v) is 3.88. The van der Waals surface area contributed by atoms with Crippen LogP contribution >= 0.6 is 0 Å². The molecule has 1 aliphatic heterocycles. The molecule has 4 rings (SSSR count). The average Bonchev–Trinajstić information content (AvgIpc) is 3.43. The Labute approximate surface area is 200 Å². The van der Waals surface area contributed by atoms with Crippen LogP contribution in [-0.4, -0.2) is 39.1 Å². The molecular weight excluding hydrogens is 496 g/mol. The molecule has 8 nitrogen and oxygen atoms in total. The lowest BCUT2D eigenvalue weighted by Crippen LogP contribution is -2.49. The van der Waals surface area contributed by atoms with Crippen molar-refractivity contribution < 1.29 is 40.7 Å². The molecule has 2 aromatic carbocycles. The molecule has 0 radical (unpaired) electrons. The van der Waals surface area contributed by atoms with Crippen molar-refractivity contribution >= 4 is 0 Å². The second-order valence-corrected chi connectivity index (χ2v) is 8.18. The van der Waals surface area contributed by atoms with Gasteiger partial charge in [-0.05, 0) is 42.3 Å². The first kappa shape index (κ1) is 25.9. The van der Waals surface area contributed by atoms with Gasteiger partial charge >= 0.3 is 12.4 Å². The quantitative estimate of drug-likeness (QED) is 0.335. The number of nitrogens with zero attached hydrogens (tertiary/aromatic N) is 3. The summed E-state index contributed by atoms with van der Waals surface area (Å²) in [6.45, 7) is -0.0218. The minimum atomic E-state index is -4.82. The molecule has 14 heteroatoms. The first-order chi connectivity index (χ1) is 16.8. The molecule has 36 heavy (non-hydrogen) atoms. The van der Waals surface area contributed by atoms with Crippen molar-refractivity contribution in [3.05, 3.63) is 65.0 Å². The van der Waals surface area contributed by atoms with E-state index in [-0.39, 0.29) is 29.4 Å². The Morgan fingerprint density at radius 2 is 1.75 bits per heavy atom. The molecule has 1 aliphatic rings. The maximum absolute atomic E-state index is 13.8. The third-order valence-electron chi connectivity index (χ3n) is 5.70. The van der Waals surface area contributed by atoms with Crippen LogP contribution in [0.2, 0.25) is 0 Å². The van der Waals surface area contributed by atoms with Crippen molar-refractivity contribution in [1.29, 1.82) is 0 Å². The van der Waals surface area contributed by atoms with Gasteiger partial charge in [-0.15, -0.1) is 0 Å². The van der Waals surface area contributed by atoms with Gasteiger partial charge in [0.2, 0.25) is 11.7 Å². The molecule has 3 aromatic rings. The molecule has 0 amide bonds. The third kappa shape index (κ3) is 5.46. The van der Waals surface area contributed by atoms with E-state index in [1.165, 1.54) is 11.0 Å². The highest BCUT2D eigenvalue weighted by molar-refractivity contribution is 5.59. The van der Waals surface area contributed by atoms with E-state index < -0.39 is 47.7 Å². The molecule has 1 saturated heterocycles. The summed E-state index contributed by atoms with van der Waals surface area (Å²) in [7, 11) is 0. The van der Waals surface area contributed by atoms with Gasteiger partial charge in [-0.1, -0.05) is 17.3 Å². The van der Waals surface area contributed by atoms with Crippen LogP contribution < -0.4 is 16.2 Å². The van der Waals surface area contributed by atoms with Crippen LogP contribution in [0.1, 0.15) is 35.0 Å². The summed E-state index contributed by atoms with van der Waals surface area (Å²) < 4.78 is 89.8. The van der Waals surface area contributed by atoms with E-state index in [2.05, 4.69) is 10.1 Å². The lowest BCUT2D eigenvalue weighted by Gasteiger charge is -2.25. The maximum Gasteiger partial charge on any atom is 0.419 e. The minimum absolute atomic E-state index is 0.0321. The van der Waals surface area contributed by atoms with Crippen LogP contribution in [0.25, 0.3) is 11.4 Å². The maximum atomic E-state index is 13.8. The normalized spacial score (nSPS) is 19.3. The average molecular weight is 517 g/mol. The second-order valence-electron chi connectivity index (χ2n) is 8.18. The number of aliphatic hydroxyl groups excluding tert-OH is 1. The molecule has 2 heterocycles. The summed E-state index contributed by atoms with van der Waals surface area (Å²) in [5, 5.41) is 14.0. The fourth-order valence-electron chi connectivity index (χ4n) is 3.88. The van der Waals surface area contributed by atoms with E-state index >= 15 is 0 Å². The molecule has 1 aromatic heterocycles. The Bertz CT molecular complexity index is 1200. The van der Waals surface area contributed by atoms with Crippen LogP contribution in [0, 0.1) is 0 Å². The summed E-state index contributed by atoms with van der Waals surface area (Å²) in [5.74, 6) is -0.733. The molecule has 0 spiro atoms. The molecule has 1 fully saturated rings. The standard InChI is InChI=1S/C22H21F6N5O3/c23-21(24,25)13-4-1-11(2-5-13)10-35-16-6-3-12(9-14(16)22(26,27)28)18-31-19(36-32-18)17-15(34)7-8-33(17)20(29)30/h1-6,9,15,17,20,34H,7-8,10,29-30H2/t15-,17-/m0/s1. The number of alkyl halides is 6. The monoisotopic (exact) mass is 517 g/mol. The number of aliphatic hydroxyl groups is 1. The SMILES string of the molecule is NC(N)N1CC[C@H](O)[C@H]1c1nc(-c2ccc(OCc3ccc(C(F)(F)F)cc3)c(C(F)(F)F)c2)no1. The molecule has 0 aliphatic carbocycles. The predicted molar refractivity (Wildman–Crippen MR) is 113 cm³/mol. The number of hydrogen-bond acceptors (Lipinski definition) is 8. The molecule has 0 bridgehead atoms. The van der Waals surface area contributed by atoms with Gasteiger partial charge in [-0.25, -0.2) is 0 Å². The number of rotatable bonds is 6. The molecule has 2 atom stereocenters. The van der Waals surface area contributed by atoms with Gasteiger partial charge in [-0.2, -0.15) is 31.3 Å². The lowest BCUT2D eigenvalue weighted by molar-refractivity contribution is -0.139. The van der Waals surface area contributed by atoms with E-state index in [1.54, 1.807) is 0 Å². The van der Waals surface area contributed by atoms with Crippen LogP contribution in [0.15, 0.2) is 47.0 Å². The van der Waals surface area contributed by atoms with Gasteiger partial charge in [0.25, 0.3) is 0 Å². The van der Waals surface area contributed by atoms with Crippen molar-refractivity contribution in [2.24, 2.45) is 11.5 Å². The number of nitrogens with two attached hydrogens (primary N) is 2. The third-order valence-corrected chi connectivity index (χ3v) is 5.70. The Kier molecular flexibility index (Phi) is 6.96. The lowest BCUT2D eigenvalue weighted by atomic mass is 10.1. The number of halogens is 6. The van der Waals surface area contributed by atoms with Gasteiger partial charge in [-0.3, -0.25) is 4.90 Å². The first-order valence-electron chi connectivity index (χ1n) is 10.6. The Hall–Kier alpha value is -3.20. The zero-order chi connectivity index (χ0) is 26.3. The summed E-state index contributed by atoms with van der Waals surface area (Å²) in [6, 6.07) is 6.20. The molecule has 0 saturated carbocycles. The van der Waals surface area contributed by atoms with Crippen molar-refractivity contribution in [2.75, 3.05) is 6.54 Å². The fraction of sp³-hybridized carbons (Fsp3) is 0.364. The Morgan fingerprint density at radius 3 is 2.36 bits per heavy atom. The van der Waals surface area contributed by atoms with E-state index in [9.17, 15) is 31.4 Å². The van der Waals surface area contributed by atoms with Crippen LogP contribution in [0.5, 0.6) is 5.75 Å². The van der Waals surface area contributed by atoms with E-state index in [4.69, 9.17) is 20.7 Å². The van der Waals surface area contributed by atoms with Crippen LogP contribution in [0.3, 0.4) is 0 Å². The Morgan fingerprint density at radius 1 is 1.06 bits per heavy atom. The van der Waals surface area contributed by atoms with E-state index in [0.29, 0.717) is 13.0 Å². The van der Waals surface area contributed by atoms with Crippen LogP contribution in [0.4, 0.5) is 26.3 Å². The number of ether oxygens (including phenoxy) is 1. The summed E-state index contributed by atoms with van der Waals surface area (Å²) in [6.07, 6.45) is -10.8. The van der Waals surface area contributed by atoms with Gasteiger partial charge < -0.3 is 25.8 Å². The van der Waals surface area contributed by atoms with Gasteiger partial charge in [0, 0.05) is 12.1 Å². The van der Waals surface area contributed by atoms with Crippen molar-refractivity contribution in [3.8, 4) is 17.1 Å².